The minimum atomic E-state index is 0.494. The summed E-state index contributed by atoms with van der Waals surface area (Å²) < 4.78 is 1.90. The van der Waals surface area contributed by atoms with E-state index in [-0.39, 0.29) is 0 Å². The molecule has 0 radical (unpaired) electrons. The highest BCUT2D eigenvalue weighted by atomic mass is 15.1. The van der Waals surface area contributed by atoms with Gasteiger partial charge < -0.3 is 0 Å². The zero-order valence-electron chi connectivity index (χ0n) is 13.6. The number of hydrogen-bond donors (Lipinski definition) is 0. The molecule has 0 spiro atoms. The molecular weight excluding hydrogens is 298 g/mol. The molecule has 24 heavy (non-hydrogen) atoms. The third-order valence-corrected chi connectivity index (χ3v) is 4.66. The summed E-state index contributed by atoms with van der Waals surface area (Å²) in [6.45, 7) is 3.25. The Morgan fingerprint density at radius 1 is 1.00 bits per heavy atom. The summed E-state index contributed by atoms with van der Waals surface area (Å²) in [6.07, 6.45) is 11.4. The lowest BCUT2D eigenvalue weighted by molar-refractivity contribution is 0.203. The van der Waals surface area contributed by atoms with Crippen LogP contribution in [0.3, 0.4) is 0 Å². The number of piperidine rings is 1. The van der Waals surface area contributed by atoms with Gasteiger partial charge in [-0.15, -0.1) is 0 Å². The Balaban J connectivity index is 1.40. The first-order valence-electron chi connectivity index (χ1n) is 8.45. The Kier molecular flexibility index (Phi) is 4.34. The molecule has 1 fully saturated rings. The number of rotatable bonds is 4. The lowest BCUT2D eigenvalue weighted by Crippen LogP contribution is -2.32. The minimum absolute atomic E-state index is 0.494. The maximum absolute atomic E-state index is 4.79. The van der Waals surface area contributed by atoms with Crippen LogP contribution in [0.1, 0.15) is 30.0 Å². The molecular formula is C19H21N5. The summed E-state index contributed by atoms with van der Waals surface area (Å²) in [6, 6.07) is 10.7. The first kappa shape index (κ1) is 15.0. The highest BCUT2D eigenvalue weighted by Gasteiger charge is 2.22. The fourth-order valence-corrected chi connectivity index (χ4v) is 3.31. The van der Waals surface area contributed by atoms with Crippen LogP contribution in [0.15, 0.2) is 61.4 Å². The molecule has 0 N–H and O–H groups in total. The molecule has 3 aromatic rings. The van der Waals surface area contributed by atoms with Crippen LogP contribution >= 0.6 is 0 Å². The van der Waals surface area contributed by atoms with Crippen LogP contribution < -0.4 is 0 Å². The predicted molar refractivity (Wildman–Crippen MR) is 92.8 cm³/mol. The summed E-state index contributed by atoms with van der Waals surface area (Å²) in [5, 5.41) is 0. The van der Waals surface area contributed by atoms with E-state index in [1.165, 1.54) is 5.56 Å². The lowest BCUT2D eigenvalue weighted by atomic mass is 9.93. The summed E-state index contributed by atoms with van der Waals surface area (Å²) in [4.78, 5) is 15.8. The van der Waals surface area contributed by atoms with Crippen LogP contribution in [0.4, 0.5) is 0 Å². The molecule has 4 rings (SSSR count). The van der Waals surface area contributed by atoms with Crippen molar-refractivity contribution in [1.29, 1.82) is 0 Å². The van der Waals surface area contributed by atoms with E-state index in [1.807, 2.05) is 17.0 Å². The molecule has 0 bridgehead atoms. The van der Waals surface area contributed by atoms with Gasteiger partial charge in [-0.05, 0) is 31.5 Å². The Morgan fingerprint density at radius 3 is 2.58 bits per heavy atom. The molecule has 1 aromatic carbocycles. The fourth-order valence-electron chi connectivity index (χ4n) is 3.31. The van der Waals surface area contributed by atoms with E-state index in [0.29, 0.717) is 5.92 Å². The van der Waals surface area contributed by atoms with Crippen LogP contribution in [0.25, 0.3) is 5.82 Å². The van der Waals surface area contributed by atoms with Gasteiger partial charge in [-0.1, -0.05) is 30.3 Å². The molecule has 0 atom stereocenters. The molecule has 3 heterocycles. The molecule has 5 nitrogen and oxygen atoms in total. The Bertz CT molecular complexity index is 761. The standard InChI is InChI=1S/C19H21N5/c1-2-4-16(5-3-1)14-23-9-6-17(7-10-23)18-12-21-13-19(22-18)24-11-8-20-15-24/h1-5,8,11-13,15,17H,6-7,9-10,14H2. The van der Waals surface area contributed by atoms with Crippen LogP contribution in [0.5, 0.6) is 0 Å². The van der Waals surface area contributed by atoms with Crippen molar-refractivity contribution in [2.24, 2.45) is 0 Å². The van der Waals surface area contributed by atoms with Gasteiger partial charge in [0.25, 0.3) is 0 Å². The van der Waals surface area contributed by atoms with Crippen LogP contribution in [-0.2, 0) is 6.54 Å². The lowest BCUT2D eigenvalue weighted by Gasteiger charge is -2.31. The van der Waals surface area contributed by atoms with Crippen LogP contribution in [-0.4, -0.2) is 37.5 Å². The molecule has 1 saturated heterocycles. The SMILES string of the molecule is c1ccc(CN2CCC(c3cncc(-n4ccnc4)n3)CC2)cc1. The molecule has 0 amide bonds. The molecule has 5 heteroatoms. The van der Waals surface area contributed by atoms with E-state index in [2.05, 4.69) is 45.2 Å². The summed E-state index contributed by atoms with van der Waals surface area (Å²) in [5.41, 5.74) is 2.48. The van der Waals surface area contributed by atoms with Gasteiger partial charge in [-0.2, -0.15) is 0 Å². The van der Waals surface area contributed by atoms with Gasteiger partial charge in [0.15, 0.2) is 5.82 Å². The van der Waals surface area contributed by atoms with E-state index in [9.17, 15) is 0 Å². The number of benzene rings is 1. The van der Waals surface area contributed by atoms with E-state index >= 15 is 0 Å². The van der Waals surface area contributed by atoms with Crippen molar-refractivity contribution in [3.05, 3.63) is 72.7 Å². The van der Waals surface area contributed by atoms with Crippen molar-refractivity contribution in [3.63, 3.8) is 0 Å². The third kappa shape index (κ3) is 3.36. The smallest absolute Gasteiger partial charge is 0.156 e. The third-order valence-electron chi connectivity index (χ3n) is 4.66. The zero-order valence-corrected chi connectivity index (χ0v) is 13.6. The van der Waals surface area contributed by atoms with Crippen molar-refractivity contribution < 1.29 is 0 Å². The molecule has 2 aromatic heterocycles. The number of likely N-dealkylation sites (tertiary alicyclic amines) is 1. The van der Waals surface area contributed by atoms with E-state index in [1.54, 1.807) is 18.7 Å². The average molecular weight is 319 g/mol. The van der Waals surface area contributed by atoms with Gasteiger partial charge in [0.1, 0.15) is 6.33 Å². The minimum Gasteiger partial charge on any atom is -0.299 e. The Labute approximate surface area is 142 Å². The van der Waals surface area contributed by atoms with Crippen molar-refractivity contribution in [3.8, 4) is 5.82 Å². The second-order valence-corrected chi connectivity index (χ2v) is 6.31. The maximum Gasteiger partial charge on any atom is 0.156 e. The first-order chi connectivity index (χ1) is 11.9. The van der Waals surface area contributed by atoms with Gasteiger partial charge in [0, 0.05) is 31.1 Å². The van der Waals surface area contributed by atoms with Gasteiger partial charge in [-0.3, -0.25) is 14.5 Å². The quantitative estimate of drug-likeness (QED) is 0.741. The number of aromatic nitrogens is 4. The number of nitrogens with zero attached hydrogens (tertiary/aromatic N) is 5. The average Bonchev–Trinajstić information content (AvgIpc) is 3.18. The molecule has 0 saturated carbocycles. The number of imidazole rings is 1. The van der Waals surface area contributed by atoms with E-state index in [4.69, 9.17) is 4.98 Å². The maximum atomic E-state index is 4.79. The van der Waals surface area contributed by atoms with E-state index in [0.717, 1.165) is 44.0 Å². The molecule has 1 aliphatic heterocycles. The van der Waals surface area contributed by atoms with Crippen LogP contribution in [0.2, 0.25) is 0 Å². The topological polar surface area (TPSA) is 46.8 Å². The summed E-state index contributed by atoms with van der Waals surface area (Å²) in [5.74, 6) is 1.34. The van der Waals surface area contributed by atoms with Crippen molar-refractivity contribution in [2.75, 3.05) is 13.1 Å². The molecule has 122 valence electrons. The van der Waals surface area contributed by atoms with Crippen molar-refractivity contribution >= 4 is 0 Å². The Hall–Kier alpha value is -2.53. The normalized spacial score (nSPS) is 16.3. The molecule has 0 aliphatic carbocycles. The largest absolute Gasteiger partial charge is 0.299 e. The summed E-state index contributed by atoms with van der Waals surface area (Å²) >= 11 is 0. The predicted octanol–water partition coefficient (Wildman–Crippen LogP) is 3.04. The number of hydrogen-bond acceptors (Lipinski definition) is 4. The highest BCUT2D eigenvalue weighted by molar-refractivity contribution is 5.21. The fraction of sp³-hybridized carbons (Fsp3) is 0.316. The zero-order chi connectivity index (χ0) is 16.2. The van der Waals surface area contributed by atoms with Gasteiger partial charge >= 0.3 is 0 Å². The molecule has 0 unspecified atom stereocenters. The second-order valence-electron chi connectivity index (χ2n) is 6.31. The molecule has 1 aliphatic rings. The first-order valence-corrected chi connectivity index (χ1v) is 8.45. The van der Waals surface area contributed by atoms with Crippen molar-refractivity contribution in [2.45, 2.75) is 25.3 Å². The monoisotopic (exact) mass is 319 g/mol. The van der Waals surface area contributed by atoms with Gasteiger partial charge in [0.2, 0.25) is 0 Å². The van der Waals surface area contributed by atoms with E-state index < -0.39 is 0 Å². The summed E-state index contributed by atoms with van der Waals surface area (Å²) in [7, 11) is 0. The highest BCUT2D eigenvalue weighted by Crippen LogP contribution is 2.27. The van der Waals surface area contributed by atoms with Gasteiger partial charge in [-0.25, -0.2) is 9.97 Å². The van der Waals surface area contributed by atoms with Crippen LogP contribution in [0, 0.1) is 0 Å². The second kappa shape index (κ2) is 6.93. The van der Waals surface area contributed by atoms with Gasteiger partial charge in [0.05, 0.1) is 11.9 Å². The Morgan fingerprint density at radius 2 is 1.83 bits per heavy atom. The van der Waals surface area contributed by atoms with Crippen molar-refractivity contribution in [1.82, 2.24) is 24.4 Å².